The Hall–Kier alpha value is -2.46. The molecule has 10 heteroatoms. The maximum absolute atomic E-state index is 14.0. The van der Waals surface area contributed by atoms with Crippen molar-refractivity contribution in [3.05, 3.63) is 73.8 Å². The zero-order valence-corrected chi connectivity index (χ0v) is 17.4. The van der Waals surface area contributed by atoms with Crippen molar-refractivity contribution in [2.24, 2.45) is 0 Å². The molecule has 150 valence electrons. The van der Waals surface area contributed by atoms with Crippen LogP contribution in [0.5, 0.6) is 0 Å². The van der Waals surface area contributed by atoms with E-state index in [1.54, 1.807) is 36.4 Å². The second-order valence-corrected chi connectivity index (χ2v) is 8.43. The highest BCUT2D eigenvalue weighted by atomic mass is 79.9. The number of rotatable bonds is 4. The van der Waals surface area contributed by atoms with Gasteiger partial charge in [0.15, 0.2) is 0 Å². The van der Waals surface area contributed by atoms with Crippen LogP contribution in [0.2, 0.25) is 0 Å². The minimum absolute atomic E-state index is 0.0701. The summed E-state index contributed by atoms with van der Waals surface area (Å²) in [6.07, 6.45) is -2.91. The number of anilines is 1. The van der Waals surface area contributed by atoms with Gasteiger partial charge in [0.2, 0.25) is 11.7 Å². The topological polar surface area (TPSA) is 59.8 Å². The van der Waals surface area contributed by atoms with Crippen molar-refractivity contribution in [1.82, 2.24) is 14.8 Å². The van der Waals surface area contributed by atoms with E-state index in [0.29, 0.717) is 16.5 Å². The first-order chi connectivity index (χ1) is 13.8. The average molecular weight is 483 g/mol. The van der Waals surface area contributed by atoms with Crippen LogP contribution in [0.25, 0.3) is 0 Å². The van der Waals surface area contributed by atoms with Gasteiger partial charge in [-0.1, -0.05) is 35.0 Å². The van der Waals surface area contributed by atoms with E-state index in [9.17, 15) is 18.0 Å². The van der Waals surface area contributed by atoms with Gasteiger partial charge in [0, 0.05) is 9.35 Å². The molecule has 1 aromatic carbocycles. The molecule has 1 atom stereocenters. The normalized spacial score (nSPS) is 16.5. The number of Topliss-reactive ketones (excluding diaryl/α,β-unsaturated/α-hetero) is 1. The summed E-state index contributed by atoms with van der Waals surface area (Å²) in [4.78, 5) is 18.4. The predicted molar refractivity (Wildman–Crippen MR) is 107 cm³/mol. The zero-order chi connectivity index (χ0) is 20.8. The highest BCUT2D eigenvalue weighted by Gasteiger charge is 2.46. The summed E-state index contributed by atoms with van der Waals surface area (Å²) >= 11 is 4.54. The van der Waals surface area contributed by atoms with Gasteiger partial charge in [0.25, 0.3) is 0 Å². The van der Waals surface area contributed by atoms with Gasteiger partial charge in [-0.15, -0.1) is 11.3 Å². The van der Waals surface area contributed by atoms with Crippen molar-refractivity contribution in [1.29, 1.82) is 0 Å². The lowest BCUT2D eigenvalue weighted by Crippen LogP contribution is -2.35. The maximum Gasteiger partial charge on any atom is 0.431 e. The van der Waals surface area contributed by atoms with E-state index in [-0.39, 0.29) is 10.8 Å². The minimum Gasteiger partial charge on any atom is -0.320 e. The van der Waals surface area contributed by atoms with Gasteiger partial charge in [0.05, 0.1) is 10.5 Å². The summed E-state index contributed by atoms with van der Waals surface area (Å²) in [6.45, 7) is 1.93. The van der Waals surface area contributed by atoms with Gasteiger partial charge < -0.3 is 5.32 Å². The largest absolute Gasteiger partial charge is 0.431 e. The molecule has 0 saturated heterocycles. The number of benzene rings is 1. The third-order valence-electron chi connectivity index (χ3n) is 4.52. The Morgan fingerprint density at radius 3 is 2.76 bits per heavy atom. The predicted octanol–water partition coefficient (Wildman–Crippen LogP) is 5.38. The summed E-state index contributed by atoms with van der Waals surface area (Å²) in [5.74, 6) is -0.750. The first-order valence-electron chi connectivity index (χ1n) is 8.66. The van der Waals surface area contributed by atoms with Crippen molar-refractivity contribution in [3.63, 3.8) is 0 Å². The van der Waals surface area contributed by atoms with Crippen LogP contribution in [-0.2, 0) is 6.42 Å². The number of nitrogens with one attached hydrogen (secondary N) is 1. The van der Waals surface area contributed by atoms with Crippen LogP contribution in [0.4, 0.5) is 19.1 Å². The second-order valence-electron chi connectivity index (χ2n) is 6.35. The fourth-order valence-electron chi connectivity index (χ4n) is 3.24. The van der Waals surface area contributed by atoms with Crippen LogP contribution >= 0.6 is 27.3 Å². The number of ketones is 1. The number of halogens is 4. The van der Waals surface area contributed by atoms with Gasteiger partial charge in [-0.2, -0.15) is 23.3 Å². The molecule has 0 radical (unpaired) electrons. The molecule has 1 aliphatic rings. The molecule has 0 fully saturated rings. The van der Waals surface area contributed by atoms with Crippen LogP contribution in [0.3, 0.4) is 0 Å². The van der Waals surface area contributed by atoms with Crippen molar-refractivity contribution in [2.45, 2.75) is 25.6 Å². The van der Waals surface area contributed by atoms with Gasteiger partial charge in [-0.25, -0.2) is 4.68 Å². The molecule has 3 heterocycles. The molecule has 0 saturated carbocycles. The summed E-state index contributed by atoms with van der Waals surface area (Å²) in [6, 6.07) is 9.07. The molecule has 1 aliphatic heterocycles. The second kappa shape index (κ2) is 7.42. The number of alkyl halides is 3. The Morgan fingerprint density at radius 2 is 2.10 bits per heavy atom. The number of thiophene rings is 1. The Bertz CT molecular complexity index is 1120. The smallest absolute Gasteiger partial charge is 0.320 e. The molecule has 4 rings (SSSR count). The minimum atomic E-state index is -4.77. The first-order valence-corrected chi connectivity index (χ1v) is 10.3. The number of carbonyl (C=O) groups is 1. The Morgan fingerprint density at radius 1 is 1.31 bits per heavy atom. The molecular weight excluding hydrogens is 469 g/mol. The van der Waals surface area contributed by atoms with Crippen molar-refractivity contribution in [2.75, 3.05) is 5.32 Å². The van der Waals surface area contributed by atoms with Gasteiger partial charge in [-0.3, -0.25) is 4.79 Å². The SMILES string of the molecule is CCc1ccc(C(=O)C2=C(C(F)(F)F)Nc3ncnn3[C@@H]2c2cccc(Br)c2)s1. The molecule has 5 nitrogen and oxygen atoms in total. The summed E-state index contributed by atoms with van der Waals surface area (Å²) in [5, 5.41) is 6.35. The number of hydrogen-bond acceptors (Lipinski definition) is 5. The number of hydrogen-bond donors (Lipinski definition) is 1. The molecule has 2 aromatic heterocycles. The van der Waals surface area contributed by atoms with E-state index in [1.807, 2.05) is 6.92 Å². The van der Waals surface area contributed by atoms with Crippen molar-refractivity contribution < 1.29 is 18.0 Å². The number of allylic oxidation sites excluding steroid dienone is 2. The number of fused-ring (bicyclic) bond motifs is 1. The molecule has 29 heavy (non-hydrogen) atoms. The molecular formula is C19H14BrF3N4OS. The van der Waals surface area contributed by atoms with E-state index in [0.717, 1.165) is 11.2 Å². The third kappa shape index (κ3) is 3.62. The highest BCUT2D eigenvalue weighted by molar-refractivity contribution is 9.10. The Balaban J connectivity index is 1.96. The van der Waals surface area contributed by atoms with Crippen LogP contribution in [-0.4, -0.2) is 26.7 Å². The fourth-order valence-corrected chi connectivity index (χ4v) is 4.55. The van der Waals surface area contributed by atoms with Crippen molar-refractivity contribution in [3.8, 4) is 0 Å². The number of nitrogens with zero attached hydrogens (tertiary/aromatic N) is 3. The van der Waals surface area contributed by atoms with E-state index >= 15 is 0 Å². The molecule has 0 bridgehead atoms. The fraction of sp³-hybridized carbons (Fsp3) is 0.211. The molecule has 3 aromatic rings. The third-order valence-corrected chi connectivity index (χ3v) is 6.25. The maximum atomic E-state index is 14.0. The molecule has 0 spiro atoms. The van der Waals surface area contributed by atoms with Crippen LogP contribution < -0.4 is 5.32 Å². The number of aromatic nitrogens is 3. The standard InChI is InChI=1S/C19H14BrF3N4OS/c1-2-12-6-7-13(29-12)16(28)14-15(10-4-3-5-11(20)8-10)27-18(24-9-25-27)26-17(14)19(21,22)23/h3-9,15H,2H2,1H3,(H,24,25,26)/t15-/m1/s1. The highest BCUT2D eigenvalue weighted by Crippen LogP contribution is 2.42. The van der Waals surface area contributed by atoms with E-state index in [2.05, 4.69) is 31.3 Å². The molecule has 1 N–H and O–H groups in total. The number of aryl methyl sites for hydroxylation is 1. The van der Waals surface area contributed by atoms with E-state index < -0.39 is 29.3 Å². The van der Waals surface area contributed by atoms with E-state index in [1.165, 1.54) is 16.0 Å². The Labute approximate surface area is 176 Å². The first kappa shape index (κ1) is 19.8. The summed E-state index contributed by atoms with van der Waals surface area (Å²) in [5.41, 5.74) is -1.03. The van der Waals surface area contributed by atoms with Crippen LogP contribution in [0, 0.1) is 0 Å². The van der Waals surface area contributed by atoms with Crippen LogP contribution in [0.15, 0.2) is 58.5 Å². The lowest BCUT2D eigenvalue weighted by molar-refractivity contribution is -0.0918. The number of carbonyl (C=O) groups excluding carboxylic acids is 1. The van der Waals surface area contributed by atoms with E-state index in [4.69, 9.17) is 0 Å². The van der Waals surface area contributed by atoms with Gasteiger partial charge in [-0.05, 0) is 36.2 Å². The lowest BCUT2D eigenvalue weighted by Gasteiger charge is -2.30. The molecule has 0 amide bonds. The Kier molecular flexibility index (Phi) is 5.07. The zero-order valence-electron chi connectivity index (χ0n) is 15.0. The average Bonchev–Trinajstić information content (AvgIpc) is 3.34. The summed E-state index contributed by atoms with van der Waals surface area (Å²) < 4.78 is 43.9. The quantitative estimate of drug-likeness (QED) is 0.507. The monoisotopic (exact) mass is 482 g/mol. The van der Waals surface area contributed by atoms with Crippen LogP contribution in [0.1, 0.15) is 33.1 Å². The summed E-state index contributed by atoms with van der Waals surface area (Å²) in [7, 11) is 0. The van der Waals surface area contributed by atoms with Gasteiger partial charge in [0.1, 0.15) is 18.1 Å². The lowest BCUT2D eigenvalue weighted by atomic mass is 9.91. The van der Waals surface area contributed by atoms with Gasteiger partial charge >= 0.3 is 6.18 Å². The van der Waals surface area contributed by atoms with Crippen molar-refractivity contribution >= 4 is 39.0 Å². The molecule has 0 aliphatic carbocycles. The molecule has 0 unspecified atom stereocenters.